The van der Waals surface area contributed by atoms with Crippen molar-refractivity contribution in [1.29, 1.82) is 0 Å². The van der Waals surface area contributed by atoms with E-state index >= 15 is 0 Å². The maximum atomic E-state index is 11.8. The minimum atomic E-state index is -0.0820. The molecule has 0 saturated heterocycles. The second kappa shape index (κ2) is 5.52. The largest absolute Gasteiger partial charge is 0.361 e. The Balaban J connectivity index is 1.63. The molecule has 1 aromatic carbocycles. The van der Waals surface area contributed by atoms with Crippen LogP contribution >= 0.6 is 0 Å². The molecule has 0 aliphatic rings. The molecule has 0 unspecified atom stereocenters. The third kappa shape index (κ3) is 2.66. The number of hydrogen-bond acceptors (Lipinski definition) is 3. The summed E-state index contributed by atoms with van der Waals surface area (Å²) >= 11 is 0. The number of para-hydroxylation sites is 1. The van der Waals surface area contributed by atoms with Crippen LogP contribution in [0.15, 0.2) is 48.9 Å². The number of nitrogens with one attached hydrogen (secondary N) is 2. The molecule has 0 radical (unpaired) electrons. The van der Waals surface area contributed by atoms with Gasteiger partial charge >= 0.3 is 0 Å². The number of nitrogens with zero attached hydrogens (tertiary/aromatic N) is 2. The number of benzene rings is 1. The lowest BCUT2D eigenvalue weighted by atomic mass is 10.1. The Kier molecular flexibility index (Phi) is 3.41. The summed E-state index contributed by atoms with van der Waals surface area (Å²) in [6.07, 6.45) is 6.24. The highest BCUT2D eigenvalue weighted by Gasteiger charge is 2.07. The minimum Gasteiger partial charge on any atom is -0.361 e. The topological polar surface area (TPSA) is 70.7 Å². The first kappa shape index (κ1) is 12.3. The molecule has 20 heavy (non-hydrogen) atoms. The first-order valence-electron chi connectivity index (χ1n) is 6.45. The lowest BCUT2D eigenvalue weighted by Crippen LogP contribution is -2.14. The van der Waals surface area contributed by atoms with Gasteiger partial charge in [-0.3, -0.25) is 10.1 Å². The Morgan fingerprint density at radius 3 is 2.80 bits per heavy atom. The van der Waals surface area contributed by atoms with Crippen LogP contribution in [0.5, 0.6) is 0 Å². The number of aryl methyl sites for hydroxylation is 1. The summed E-state index contributed by atoms with van der Waals surface area (Å²) < 4.78 is 0. The fourth-order valence-corrected chi connectivity index (χ4v) is 2.14. The van der Waals surface area contributed by atoms with Crippen LogP contribution in [0, 0.1) is 0 Å². The Morgan fingerprint density at radius 2 is 1.95 bits per heavy atom. The summed E-state index contributed by atoms with van der Waals surface area (Å²) in [5.74, 6) is 0.262. The van der Waals surface area contributed by atoms with Crippen molar-refractivity contribution in [3.05, 3.63) is 54.5 Å². The number of carbonyl (C=O) groups is 1. The van der Waals surface area contributed by atoms with E-state index in [4.69, 9.17) is 0 Å². The standard InChI is InChI=1S/C15H14N4O/c20-14(19-15-16-8-3-9-17-15)7-6-11-10-18-13-5-2-1-4-12(11)13/h1-5,8-10,18H,6-7H2,(H,16,17,19,20). The lowest BCUT2D eigenvalue weighted by molar-refractivity contribution is -0.116. The van der Waals surface area contributed by atoms with E-state index in [1.54, 1.807) is 18.5 Å². The molecule has 2 heterocycles. The summed E-state index contributed by atoms with van der Waals surface area (Å²) in [5, 5.41) is 3.84. The second-order valence-electron chi connectivity index (χ2n) is 4.48. The molecule has 0 saturated carbocycles. The van der Waals surface area contributed by atoms with Gasteiger partial charge in [-0.1, -0.05) is 18.2 Å². The van der Waals surface area contributed by atoms with Crippen molar-refractivity contribution in [3.63, 3.8) is 0 Å². The highest BCUT2D eigenvalue weighted by molar-refractivity contribution is 5.90. The van der Waals surface area contributed by atoms with Gasteiger partial charge in [-0.15, -0.1) is 0 Å². The van der Waals surface area contributed by atoms with Crippen molar-refractivity contribution in [3.8, 4) is 0 Å². The van der Waals surface area contributed by atoms with Crippen LogP contribution in [0.3, 0.4) is 0 Å². The summed E-state index contributed by atoms with van der Waals surface area (Å²) in [4.78, 5) is 23.0. The number of rotatable bonds is 4. The molecule has 3 aromatic rings. The van der Waals surface area contributed by atoms with Crippen LogP contribution in [0.1, 0.15) is 12.0 Å². The summed E-state index contributed by atoms with van der Waals surface area (Å²) in [6, 6.07) is 9.78. The molecule has 2 N–H and O–H groups in total. The second-order valence-corrected chi connectivity index (χ2v) is 4.48. The van der Waals surface area contributed by atoms with Crippen molar-refractivity contribution in [2.24, 2.45) is 0 Å². The van der Waals surface area contributed by atoms with E-state index in [9.17, 15) is 4.79 Å². The Bertz CT molecular complexity index is 721. The van der Waals surface area contributed by atoms with Crippen LogP contribution in [0.2, 0.25) is 0 Å². The van der Waals surface area contributed by atoms with Crippen molar-refractivity contribution >= 4 is 22.8 Å². The van der Waals surface area contributed by atoms with E-state index in [-0.39, 0.29) is 5.91 Å². The van der Waals surface area contributed by atoms with Gasteiger partial charge in [-0.25, -0.2) is 9.97 Å². The fourth-order valence-electron chi connectivity index (χ4n) is 2.14. The predicted octanol–water partition coefficient (Wildman–Crippen LogP) is 2.53. The van der Waals surface area contributed by atoms with Crippen molar-refractivity contribution in [2.75, 3.05) is 5.32 Å². The molecule has 2 aromatic heterocycles. The van der Waals surface area contributed by atoms with Crippen molar-refractivity contribution in [2.45, 2.75) is 12.8 Å². The van der Waals surface area contributed by atoms with E-state index in [2.05, 4.69) is 26.3 Å². The number of carbonyl (C=O) groups excluding carboxylic acids is 1. The van der Waals surface area contributed by atoms with Gasteiger partial charge in [0, 0.05) is 35.9 Å². The Morgan fingerprint density at radius 1 is 1.15 bits per heavy atom. The number of H-pyrrole nitrogens is 1. The van der Waals surface area contributed by atoms with E-state index in [1.165, 1.54) is 0 Å². The molecule has 100 valence electrons. The van der Waals surface area contributed by atoms with Gasteiger partial charge in [0.15, 0.2) is 0 Å². The molecule has 0 spiro atoms. The first-order valence-corrected chi connectivity index (χ1v) is 6.45. The van der Waals surface area contributed by atoms with Gasteiger partial charge in [0.1, 0.15) is 0 Å². The van der Waals surface area contributed by atoms with E-state index < -0.39 is 0 Å². The van der Waals surface area contributed by atoms with Gasteiger partial charge in [0.25, 0.3) is 0 Å². The molecular weight excluding hydrogens is 252 g/mol. The zero-order chi connectivity index (χ0) is 13.8. The third-order valence-electron chi connectivity index (χ3n) is 3.11. The molecule has 0 aliphatic carbocycles. The molecule has 0 aliphatic heterocycles. The maximum absolute atomic E-state index is 11.8. The van der Waals surface area contributed by atoms with Crippen LogP contribution in [-0.2, 0) is 11.2 Å². The zero-order valence-corrected chi connectivity index (χ0v) is 10.8. The van der Waals surface area contributed by atoms with Crippen molar-refractivity contribution < 1.29 is 4.79 Å². The Hall–Kier alpha value is -2.69. The number of aromatic amines is 1. The number of hydrogen-bond donors (Lipinski definition) is 2. The monoisotopic (exact) mass is 266 g/mol. The van der Waals surface area contributed by atoms with Crippen molar-refractivity contribution in [1.82, 2.24) is 15.0 Å². The summed E-state index contributed by atoms with van der Waals surface area (Å²) in [6.45, 7) is 0. The number of fused-ring (bicyclic) bond motifs is 1. The average molecular weight is 266 g/mol. The van der Waals surface area contributed by atoms with Gasteiger partial charge in [-0.2, -0.15) is 0 Å². The highest BCUT2D eigenvalue weighted by Crippen LogP contribution is 2.19. The number of anilines is 1. The molecule has 0 fully saturated rings. The van der Waals surface area contributed by atoms with Crippen LogP contribution in [0.25, 0.3) is 10.9 Å². The highest BCUT2D eigenvalue weighted by atomic mass is 16.1. The van der Waals surface area contributed by atoms with E-state index in [0.29, 0.717) is 18.8 Å². The number of amides is 1. The normalized spacial score (nSPS) is 10.6. The lowest BCUT2D eigenvalue weighted by Gasteiger charge is -2.02. The van der Waals surface area contributed by atoms with E-state index in [0.717, 1.165) is 16.5 Å². The third-order valence-corrected chi connectivity index (χ3v) is 3.11. The number of aromatic nitrogens is 3. The molecular formula is C15H14N4O. The first-order chi connectivity index (χ1) is 9.83. The van der Waals surface area contributed by atoms with Crippen LogP contribution in [-0.4, -0.2) is 20.9 Å². The smallest absolute Gasteiger partial charge is 0.229 e. The quantitative estimate of drug-likeness (QED) is 0.762. The van der Waals surface area contributed by atoms with E-state index in [1.807, 2.05) is 24.4 Å². The molecule has 0 atom stereocenters. The zero-order valence-electron chi connectivity index (χ0n) is 10.8. The molecule has 3 rings (SSSR count). The van der Waals surface area contributed by atoms with Gasteiger partial charge in [-0.05, 0) is 24.1 Å². The molecule has 0 bridgehead atoms. The SMILES string of the molecule is O=C(CCc1c[nH]c2ccccc12)Nc1ncccn1. The minimum absolute atomic E-state index is 0.0820. The molecule has 5 nitrogen and oxygen atoms in total. The van der Waals surface area contributed by atoms with Crippen LogP contribution in [0.4, 0.5) is 5.95 Å². The summed E-state index contributed by atoms with van der Waals surface area (Å²) in [7, 11) is 0. The van der Waals surface area contributed by atoms with Gasteiger partial charge in [0.05, 0.1) is 0 Å². The molecule has 1 amide bonds. The fraction of sp³-hybridized carbons (Fsp3) is 0.133. The van der Waals surface area contributed by atoms with Crippen LogP contribution < -0.4 is 5.32 Å². The molecule has 5 heteroatoms. The van der Waals surface area contributed by atoms with Gasteiger partial charge in [0.2, 0.25) is 11.9 Å². The average Bonchev–Trinajstić information content (AvgIpc) is 2.89. The summed E-state index contributed by atoms with van der Waals surface area (Å²) in [5.41, 5.74) is 2.24. The predicted molar refractivity (Wildman–Crippen MR) is 77.3 cm³/mol. The maximum Gasteiger partial charge on any atom is 0.229 e. The van der Waals surface area contributed by atoms with Gasteiger partial charge < -0.3 is 4.98 Å². The Labute approximate surface area is 116 Å².